The fourth-order valence-electron chi connectivity index (χ4n) is 3.52. The molecule has 0 saturated carbocycles. The van der Waals surface area contributed by atoms with Crippen LogP contribution in [-0.2, 0) is 0 Å². The van der Waals surface area contributed by atoms with Crippen LogP contribution < -0.4 is 0 Å². The van der Waals surface area contributed by atoms with E-state index < -0.39 is 0 Å². The molecule has 0 aromatic heterocycles. The Morgan fingerprint density at radius 3 is 2.80 bits per heavy atom. The van der Waals surface area contributed by atoms with Crippen molar-refractivity contribution in [1.82, 2.24) is 4.90 Å². The number of fused-ring (bicyclic) bond motifs is 1. The zero-order valence-electron chi connectivity index (χ0n) is 10.2. The summed E-state index contributed by atoms with van der Waals surface area (Å²) >= 11 is 0. The number of aliphatic hydroxyl groups is 1. The first-order valence-corrected chi connectivity index (χ1v) is 6.64. The normalized spacial score (nSPS) is 39.0. The number of hydrogen-bond acceptors (Lipinski definition) is 2. The maximum Gasteiger partial charge on any atom is 0.0512 e. The molecular formula is C13H25NO. The average molecular weight is 211 g/mol. The largest absolute Gasteiger partial charge is 0.393 e. The predicted octanol–water partition coefficient (Wildman–Crippen LogP) is 2.55. The summed E-state index contributed by atoms with van der Waals surface area (Å²) in [5.41, 5.74) is 0. The highest BCUT2D eigenvalue weighted by Gasteiger charge is 2.37. The van der Waals surface area contributed by atoms with Crippen LogP contribution in [0.15, 0.2) is 0 Å². The van der Waals surface area contributed by atoms with Crippen molar-refractivity contribution < 1.29 is 5.11 Å². The van der Waals surface area contributed by atoms with Gasteiger partial charge in [0, 0.05) is 18.1 Å². The highest BCUT2D eigenvalue weighted by atomic mass is 16.3. The maximum atomic E-state index is 9.36. The molecular weight excluding hydrogens is 186 g/mol. The molecule has 0 aliphatic carbocycles. The Morgan fingerprint density at radius 2 is 2.07 bits per heavy atom. The van der Waals surface area contributed by atoms with Crippen molar-refractivity contribution in [3.8, 4) is 0 Å². The van der Waals surface area contributed by atoms with Gasteiger partial charge in [-0.3, -0.25) is 4.90 Å². The summed E-state index contributed by atoms with van der Waals surface area (Å²) < 4.78 is 0. The first kappa shape index (κ1) is 11.4. The van der Waals surface area contributed by atoms with E-state index in [1.165, 1.54) is 38.5 Å². The van der Waals surface area contributed by atoms with Gasteiger partial charge in [-0.15, -0.1) is 0 Å². The van der Waals surface area contributed by atoms with E-state index in [1.807, 2.05) is 6.92 Å². The van der Waals surface area contributed by atoms with E-state index in [0.717, 1.165) is 24.5 Å². The summed E-state index contributed by atoms with van der Waals surface area (Å²) in [6.07, 6.45) is 9.02. The lowest BCUT2D eigenvalue weighted by atomic mass is 9.97. The van der Waals surface area contributed by atoms with Gasteiger partial charge in [-0.25, -0.2) is 0 Å². The van der Waals surface area contributed by atoms with Crippen LogP contribution in [0.4, 0.5) is 0 Å². The minimum atomic E-state index is -0.121. The second kappa shape index (κ2) is 4.84. The third-order valence-electron chi connectivity index (χ3n) is 4.26. The number of aliphatic hydroxyl groups excluding tert-OH is 1. The minimum Gasteiger partial charge on any atom is -0.393 e. The molecule has 2 nitrogen and oxygen atoms in total. The van der Waals surface area contributed by atoms with Gasteiger partial charge in [-0.05, 0) is 52.4 Å². The third-order valence-corrected chi connectivity index (χ3v) is 4.26. The molecule has 0 amide bonds. The summed E-state index contributed by atoms with van der Waals surface area (Å²) in [6, 6.07) is 2.41. The molecule has 4 atom stereocenters. The molecule has 0 radical (unpaired) electrons. The first-order valence-electron chi connectivity index (χ1n) is 6.64. The summed E-state index contributed by atoms with van der Waals surface area (Å²) in [7, 11) is 0. The van der Waals surface area contributed by atoms with E-state index in [9.17, 15) is 5.11 Å². The number of piperidine rings is 1. The Morgan fingerprint density at radius 1 is 1.27 bits per heavy atom. The van der Waals surface area contributed by atoms with Gasteiger partial charge in [0.15, 0.2) is 0 Å². The fraction of sp³-hybridized carbons (Fsp3) is 1.00. The second-order valence-electron chi connectivity index (χ2n) is 5.54. The monoisotopic (exact) mass is 211 g/mol. The molecule has 2 rings (SSSR count). The molecule has 2 saturated heterocycles. The van der Waals surface area contributed by atoms with E-state index >= 15 is 0 Å². The Kier molecular flexibility index (Phi) is 3.68. The fourth-order valence-corrected chi connectivity index (χ4v) is 3.52. The molecule has 15 heavy (non-hydrogen) atoms. The third kappa shape index (κ3) is 2.54. The van der Waals surface area contributed by atoms with Crippen molar-refractivity contribution in [3.05, 3.63) is 0 Å². The van der Waals surface area contributed by atoms with E-state index in [2.05, 4.69) is 11.8 Å². The lowest BCUT2D eigenvalue weighted by molar-refractivity contribution is 0.0785. The molecule has 2 aliphatic rings. The van der Waals surface area contributed by atoms with Crippen molar-refractivity contribution in [1.29, 1.82) is 0 Å². The van der Waals surface area contributed by atoms with Crippen molar-refractivity contribution in [2.24, 2.45) is 0 Å². The Labute approximate surface area is 93.7 Å². The quantitative estimate of drug-likeness (QED) is 0.775. The van der Waals surface area contributed by atoms with Crippen LogP contribution >= 0.6 is 0 Å². The standard InChI is InChI=1S/C13H25NO/c1-10-4-3-5-12-8-9-13(14(10)12)7-6-11(2)15/h10-13,15H,3-9H2,1-2H3. The highest BCUT2D eigenvalue weighted by molar-refractivity contribution is 4.93. The van der Waals surface area contributed by atoms with Crippen molar-refractivity contribution >= 4 is 0 Å². The van der Waals surface area contributed by atoms with Crippen LogP contribution in [0.3, 0.4) is 0 Å². The van der Waals surface area contributed by atoms with E-state index in [0.29, 0.717) is 0 Å². The van der Waals surface area contributed by atoms with Gasteiger partial charge < -0.3 is 5.11 Å². The predicted molar refractivity (Wildman–Crippen MR) is 62.9 cm³/mol. The first-order chi connectivity index (χ1) is 7.18. The zero-order chi connectivity index (χ0) is 10.8. The molecule has 0 aromatic rings. The summed E-state index contributed by atoms with van der Waals surface area (Å²) in [6.45, 7) is 4.29. The molecule has 0 aromatic carbocycles. The van der Waals surface area contributed by atoms with Gasteiger partial charge in [-0.1, -0.05) is 6.42 Å². The van der Waals surface area contributed by atoms with E-state index in [-0.39, 0.29) is 6.10 Å². The number of hydrogen-bond donors (Lipinski definition) is 1. The topological polar surface area (TPSA) is 23.5 Å². The van der Waals surface area contributed by atoms with Gasteiger partial charge >= 0.3 is 0 Å². The van der Waals surface area contributed by atoms with E-state index in [1.54, 1.807) is 0 Å². The summed E-state index contributed by atoms with van der Waals surface area (Å²) in [5, 5.41) is 9.36. The van der Waals surface area contributed by atoms with Crippen molar-refractivity contribution in [2.45, 2.75) is 83.0 Å². The molecule has 2 heteroatoms. The second-order valence-corrected chi connectivity index (χ2v) is 5.54. The van der Waals surface area contributed by atoms with Crippen LogP contribution in [0.1, 0.15) is 58.8 Å². The maximum absolute atomic E-state index is 9.36. The van der Waals surface area contributed by atoms with Crippen LogP contribution in [0.25, 0.3) is 0 Å². The van der Waals surface area contributed by atoms with Crippen molar-refractivity contribution in [3.63, 3.8) is 0 Å². The van der Waals surface area contributed by atoms with E-state index in [4.69, 9.17) is 0 Å². The Balaban J connectivity index is 1.90. The van der Waals surface area contributed by atoms with Crippen LogP contribution in [0, 0.1) is 0 Å². The smallest absolute Gasteiger partial charge is 0.0512 e. The molecule has 0 bridgehead atoms. The molecule has 88 valence electrons. The van der Waals surface area contributed by atoms with Gasteiger partial charge in [0.2, 0.25) is 0 Å². The lowest BCUT2D eigenvalue weighted by Crippen LogP contribution is -2.45. The lowest BCUT2D eigenvalue weighted by Gasteiger charge is -2.39. The van der Waals surface area contributed by atoms with Crippen LogP contribution in [0.2, 0.25) is 0 Å². The van der Waals surface area contributed by atoms with Crippen LogP contribution in [-0.4, -0.2) is 34.2 Å². The Hall–Kier alpha value is -0.0800. The Bertz CT molecular complexity index is 205. The van der Waals surface area contributed by atoms with Crippen molar-refractivity contribution in [2.75, 3.05) is 0 Å². The summed E-state index contributed by atoms with van der Waals surface area (Å²) in [5.74, 6) is 0. The zero-order valence-corrected chi connectivity index (χ0v) is 10.2. The van der Waals surface area contributed by atoms with Gasteiger partial charge in [0.1, 0.15) is 0 Å². The summed E-state index contributed by atoms with van der Waals surface area (Å²) in [4.78, 5) is 2.76. The molecule has 1 N–H and O–H groups in total. The van der Waals surface area contributed by atoms with Gasteiger partial charge in [-0.2, -0.15) is 0 Å². The van der Waals surface area contributed by atoms with Gasteiger partial charge in [0.25, 0.3) is 0 Å². The molecule has 0 spiro atoms. The molecule has 2 heterocycles. The number of rotatable bonds is 3. The molecule has 2 aliphatic heterocycles. The SMILES string of the molecule is CC(O)CCC1CCC2CCCC(C)N21. The highest BCUT2D eigenvalue weighted by Crippen LogP contribution is 2.36. The van der Waals surface area contributed by atoms with Gasteiger partial charge in [0.05, 0.1) is 6.10 Å². The molecule has 4 unspecified atom stereocenters. The molecule has 2 fully saturated rings. The van der Waals surface area contributed by atoms with Crippen LogP contribution in [0.5, 0.6) is 0 Å². The number of nitrogens with zero attached hydrogens (tertiary/aromatic N) is 1. The average Bonchev–Trinajstić information content (AvgIpc) is 2.59. The minimum absolute atomic E-state index is 0.121.